The second-order valence-corrected chi connectivity index (χ2v) is 6.93. The van der Waals surface area contributed by atoms with Crippen molar-refractivity contribution in [2.75, 3.05) is 13.2 Å². The average molecular weight is 339 g/mol. The summed E-state index contributed by atoms with van der Waals surface area (Å²) in [7, 11) is 1.07. The maximum Gasteiger partial charge on any atom is 0.338 e. The fourth-order valence-corrected chi connectivity index (χ4v) is 2.81. The summed E-state index contributed by atoms with van der Waals surface area (Å²) in [6.07, 6.45) is -0.544. The van der Waals surface area contributed by atoms with Crippen LogP contribution in [0.5, 0.6) is 0 Å². The molecule has 0 saturated heterocycles. The van der Waals surface area contributed by atoms with Crippen LogP contribution < -0.4 is 0 Å². The molecular formula is C13H16ClFO5S. The van der Waals surface area contributed by atoms with E-state index in [2.05, 4.69) is 0 Å². The summed E-state index contributed by atoms with van der Waals surface area (Å²) in [5.41, 5.74) is -0.371. The van der Waals surface area contributed by atoms with Crippen molar-refractivity contribution in [2.24, 2.45) is 0 Å². The molecule has 1 rings (SSSR count). The minimum Gasteiger partial charge on any atom is -0.457 e. The molecule has 0 amide bonds. The van der Waals surface area contributed by atoms with Crippen LogP contribution in [0.4, 0.5) is 4.39 Å². The summed E-state index contributed by atoms with van der Waals surface area (Å²) in [5.74, 6) is -1.69. The summed E-state index contributed by atoms with van der Waals surface area (Å²) in [5, 5.41) is 0. The zero-order valence-corrected chi connectivity index (χ0v) is 13.4. The third kappa shape index (κ3) is 4.94. The van der Waals surface area contributed by atoms with Crippen LogP contribution in [-0.4, -0.2) is 33.7 Å². The Labute approximate surface area is 127 Å². The van der Waals surface area contributed by atoms with E-state index in [0.29, 0.717) is 6.61 Å². The Hall–Kier alpha value is -1.18. The fraction of sp³-hybridized carbons (Fsp3) is 0.462. The van der Waals surface area contributed by atoms with Gasteiger partial charge in [0.15, 0.2) is 0 Å². The molecule has 1 atom stereocenters. The first-order valence-corrected chi connectivity index (χ1v) is 8.51. The highest BCUT2D eigenvalue weighted by Gasteiger charge is 2.21. The van der Waals surface area contributed by atoms with E-state index in [1.54, 1.807) is 13.8 Å². The molecule has 21 heavy (non-hydrogen) atoms. The molecule has 1 aromatic rings. The minimum atomic E-state index is -4.15. The number of esters is 1. The van der Waals surface area contributed by atoms with E-state index in [4.69, 9.17) is 20.2 Å². The van der Waals surface area contributed by atoms with Crippen molar-refractivity contribution in [3.8, 4) is 0 Å². The standard InChI is InChI=1S/C13H16ClFO5S/c1-4-19-7-8(2)20-13(16)10-5-11(15)9(3)12(6-10)21(14,17)18/h5-6,8H,4,7H2,1-3H3. The average Bonchev–Trinajstić information content (AvgIpc) is 2.37. The van der Waals surface area contributed by atoms with E-state index in [1.165, 1.54) is 6.92 Å². The third-order valence-corrected chi connectivity index (χ3v) is 4.11. The van der Waals surface area contributed by atoms with Crippen molar-refractivity contribution in [2.45, 2.75) is 31.8 Å². The van der Waals surface area contributed by atoms with Gasteiger partial charge in [-0.25, -0.2) is 17.6 Å². The summed E-state index contributed by atoms with van der Waals surface area (Å²) >= 11 is 0. The van der Waals surface area contributed by atoms with E-state index in [0.717, 1.165) is 12.1 Å². The maximum atomic E-state index is 13.7. The van der Waals surface area contributed by atoms with Crippen LogP contribution in [0.15, 0.2) is 17.0 Å². The van der Waals surface area contributed by atoms with Crippen LogP contribution in [0.1, 0.15) is 29.8 Å². The SMILES string of the molecule is CCOCC(C)OC(=O)c1cc(F)c(C)c(S(=O)(=O)Cl)c1. The van der Waals surface area contributed by atoms with E-state index in [9.17, 15) is 17.6 Å². The summed E-state index contributed by atoms with van der Waals surface area (Å²) in [6.45, 7) is 5.32. The van der Waals surface area contributed by atoms with Crippen molar-refractivity contribution in [1.29, 1.82) is 0 Å². The lowest BCUT2D eigenvalue weighted by Crippen LogP contribution is -2.21. The van der Waals surface area contributed by atoms with Crippen LogP contribution in [0, 0.1) is 12.7 Å². The van der Waals surface area contributed by atoms with Gasteiger partial charge in [0, 0.05) is 22.9 Å². The van der Waals surface area contributed by atoms with Crippen molar-refractivity contribution >= 4 is 25.7 Å². The van der Waals surface area contributed by atoms with Gasteiger partial charge in [-0.2, -0.15) is 0 Å². The van der Waals surface area contributed by atoms with Gasteiger partial charge < -0.3 is 9.47 Å². The first kappa shape index (κ1) is 17.9. The van der Waals surface area contributed by atoms with E-state index in [1.807, 2.05) is 0 Å². The van der Waals surface area contributed by atoms with Crippen LogP contribution in [0.2, 0.25) is 0 Å². The number of rotatable bonds is 6. The molecule has 0 aliphatic heterocycles. The van der Waals surface area contributed by atoms with Gasteiger partial charge in [0.05, 0.1) is 17.1 Å². The van der Waals surface area contributed by atoms with Gasteiger partial charge in [-0.15, -0.1) is 0 Å². The highest BCUT2D eigenvalue weighted by atomic mass is 35.7. The Balaban J connectivity index is 3.04. The quantitative estimate of drug-likeness (QED) is 0.589. The van der Waals surface area contributed by atoms with Gasteiger partial charge in [0.25, 0.3) is 9.05 Å². The predicted octanol–water partition coefficient (Wildman–Crippen LogP) is 2.64. The van der Waals surface area contributed by atoms with Crippen LogP contribution in [0.25, 0.3) is 0 Å². The second kappa shape index (κ2) is 7.20. The van der Waals surface area contributed by atoms with Crippen LogP contribution in [0.3, 0.4) is 0 Å². The van der Waals surface area contributed by atoms with Crippen LogP contribution >= 0.6 is 10.7 Å². The number of hydrogen-bond acceptors (Lipinski definition) is 5. The molecule has 0 spiro atoms. The molecule has 0 bridgehead atoms. The summed E-state index contributed by atoms with van der Waals surface area (Å²) in [4.78, 5) is 11.4. The smallest absolute Gasteiger partial charge is 0.338 e. The molecule has 0 heterocycles. The first-order chi connectivity index (χ1) is 9.66. The highest BCUT2D eigenvalue weighted by Crippen LogP contribution is 2.24. The number of hydrogen-bond donors (Lipinski definition) is 0. The van der Waals surface area contributed by atoms with Gasteiger partial charge >= 0.3 is 5.97 Å². The highest BCUT2D eigenvalue weighted by molar-refractivity contribution is 8.13. The summed E-state index contributed by atoms with van der Waals surface area (Å²) in [6, 6.07) is 1.91. The number of carbonyl (C=O) groups is 1. The zero-order chi connectivity index (χ0) is 16.2. The molecule has 0 aromatic heterocycles. The fourth-order valence-electron chi connectivity index (χ4n) is 1.59. The third-order valence-electron chi connectivity index (χ3n) is 2.66. The summed E-state index contributed by atoms with van der Waals surface area (Å²) < 4.78 is 46.6. The molecule has 0 radical (unpaired) electrons. The molecule has 0 saturated carbocycles. The lowest BCUT2D eigenvalue weighted by atomic mass is 10.1. The lowest BCUT2D eigenvalue weighted by Gasteiger charge is -2.14. The van der Waals surface area contributed by atoms with Crippen LogP contribution in [-0.2, 0) is 18.5 Å². The predicted molar refractivity (Wildman–Crippen MR) is 75.5 cm³/mol. The molecule has 1 aromatic carbocycles. The normalized spacial score (nSPS) is 13.0. The van der Waals surface area contributed by atoms with Gasteiger partial charge in [-0.1, -0.05) is 0 Å². The zero-order valence-electron chi connectivity index (χ0n) is 11.9. The van der Waals surface area contributed by atoms with Gasteiger partial charge in [0.1, 0.15) is 11.9 Å². The Morgan fingerprint density at radius 3 is 2.57 bits per heavy atom. The molecular weight excluding hydrogens is 323 g/mol. The molecule has 0 aliphatic carbocycles. The van der Waals surface area contributed by atoms with Crippen molar-refractivity contribution in [1.82, 2.24) is 0 Å². The molecule has 118 valence electrons. The van der Waals surface area contributed by atoms with Gasteiger partial charge in [-0.05, 0) is 32.9 Å². The molecule has 8 heteroatoms. The van der Waals surface area contributed by atoms with E-state index >= 15 is 0 Å². The Kier molecular flexibility index (Phi) is 6.12. The topological polar surface area (TPSA) is 69.7 Å². The van der Waals surface area contributed by atoms with E-state index < -0.39 is 31.8 Å². The van der Waals surface area contributed by atoms with Gasteiger partial charge in [-0.3, -0.25) is 0 Å². The van der Waals surface area contributed by atoms with Crippen molar-refractivity contribution < 1.29 is 27.1 Å². The molecule has 0 aliphatic rings. The maximum absolute atomic E-state index is 13.7. The Bertz CT molecular complexity index is 630. The Morgan fingerprint density at radius 2 is 2.05 bits per heavy atom. The van der Waals surface area contributed by atoms with Crippen molar-refractivity contribution in [3.05, 3.63) is 29.1 Å². The first-order valence-electron chi connectivity index (χ1n) is 6.20. The molecule has 0 fully saturated rings. The lowest BCUT2D eigenvalue weighted by molar-refractivity contribution is 0.00433. The van der Waals surface area contributed by atoms with Gasteiger partial charge in [0.2, 0.25) is 0 Å². The Morgan fingerprint density at radius 1 is 1.43 bits per heavy atom. The number of carbonyl (C=O) groups excluding carboxylic acids is 1. The number of halogens is 2. The molecule has 0 N–H and O–H groups in total. The molecule has 1 unspecified atom stereocenters. The minimum absolute atomic E-state index is 0.149. The molecule has 5 nitrogen and oxygen atoms in total. The largest absolute Gasteiger partial charge is 0.457 e. The monoisotopic (exact) mass is 338 g/mol. The number of ether oxygens (including phenoxy) is 2. The van der Waals surface area contributed by atoms with Crippen molar-refractivity contribution in [3.63, 3.8) is 0 Å². The second-order valence-electron chi connectivity index (χ2n) is 4.39. The number of benzene rings is 1. The van der Waals surface area contributed by atoms with E-state index in [-0.39, 0.29) is 17.7 Å².